The van der Waals surface area contributed by atoms with Crippen molar-refractivity contribution in [2.45, 2.75) is 13.2 Å². The molecule has 112 valence electrons. The molecule has 0 spiro atoms. The van der Waals surface area contributed by atoms with Crippen LogP contribution in [-0.4, -0.2) is 33.2 Å². The summed E-state index contributed by atoms with van der Waals surface area (Å²) in [6.45, 7) is 0.597. The van der Waals surface area contributed by atoms with Gasteiger partial charge in [-0.15, -0.1) is 5.10 Å². The Morgan fingerprint density at radius 3 is 2.77 bits per heavy atom. The number of carboxylic acid groups (broad SMARTS) is 1. The predicted molar refractivity (Wildman–Crippen MR) is 80.7 cm³/mol. The molecule has 0 saturated heterocycles. The molecule has 6 nitrogen and oxygen atoms in total. The highest BCUT2D eigenvalue weighted by Gasteiger charge is 2.19. The van der Waals surface area contributed by atoms with E-state index in [-0.39, 0.29) is 12.3 Å². The number of aromatic nitrogens is 3. The number of fused-ring (bicyclic) bond motifs is 1. The summed E-state index contributed by atoms with van der Waals surface area (Å²) >= 11 is 0. The van der Waals surface area contributed by atoms with Crippen molar-refractivity contribution in [2.24, 2.45) is 0 Å². The molecule has 0 saturated carbocycles. The Morgan fingerprint density at radius 1 is 1.23 bits per heavy atom. The predicted octanol–water partition coefficient (Wildman–Crippen LogP) is 2.32. The first kappa shape index (κ1) is 14.2. The summed E-state index contributed by atoms with van der Waals surface area (Å²) in [6, 6.07) is 14.1. The molecule has 1 heterocycles. The third-order valence-electron chi connectivity index (χ3n) is 3.52. The van der Waals surface area contributed by atoms with Crippen molar-refractivity contribution in [1.29, 1.82) is 0 Å². The Kier molecular flexibility index (Phi) is 3.84. The molecule has 1 N–H and O–H groups in total. The summed E-state index contributed by atoms with van der Waals surface area (Å²) in [5.74, 6) is -1.10. The first-order chi connectivity index (χ1) is 10.7. The Balaban J connectivity index is 2.03. The van der Waals surface area contributed by atoms with Gasteiger partial charge in [-0.25, -0.2) is 9.48 Å². The average Bonchev–Trinajstić information content (AvgIpc) is 2.91. The van der Waals surface area contributed by atoms with Gasteiger partial charge in [-0.1, -0.05) is 47.7 Å². The molecule has 2 aromatic carbocycles. The van der Waals surface area contributed by atoms with Gasteiger partial charge in [-0.05, 0) is 16.3 Å². The standard InChI is InChI=1S/C16H15N3O3/c1-22-10-14-15(16(20)21)17-18-19(14)9-12-7-4-6-11-5-2-3-8-13(11)12/h2-8H,9-10H2,1H3,(H,20,21). The number of hydrogen-bond acceptors (Lipinski definition) is 4. The van der Waals surface area contributed by atoms with Crippen LogP contribution >= 0.6 is 0 Å². The third-order valence-corrected chi connectivity index (χ3v) is 3.52. The van der Waals surface area contributed by atoms with Gasteiger partial charge in [0, 0.05) is 7.11 Å². The lowest BCUT2D eigenvalue weighted by Crippen LogP contribution is -2.10. The van der Waals surface area contributed by atoms with Crippen LogP contribution in [0.15, 0.2) is 42.5 Å². The number of carboxylic acids is 1. The SMILES string of the molecule is COCc1c(C(=O)O)nnn1Cc1cccc2ccccc12. The quantitative estimate of drug-likeness (QED) is 0.782. The lowest BCUT2D eigenvalue weighted by atomic mass is 10.0. The molecule has 6 heteroatoms. The summed E-state index contributed by atoms with van der Waals surface area (Å²) < 4.78 is 6.66. The van der Waals surface area contributed by atoms with Crippen LogP contribution in [0.25, 0.3) is 10.8 Å². The molecule has 0 aliphatic heterocycles. The van der Waals surface area contributed by atoms with Crippen LogP contribution in [0.4, 0.5) is 0 Å². The van der Waals surface area contributed by atoms with Gasteiger partial charge in [0.05, 0.1) is 18.8 Å². The molecular weight excluding hydrogens is 282 g/mol. The Morgan fingerprint density at radius 2 is 2.00 bits per heavy atom. The second kappa shape index (κ2) is 5.95. The summed E-state index contributed by atoms with van der Waals surface area (Å²) in [4.78, 5) is 11.2. The van der Waals surface area contributed by atoms with Gasteiger partial charge in [-0.2, -0.15) is 0 Å². The van der Waals surface area contributed by atoms with Crippen LogP contribution in [0.3, 0.4) is 0 Å². The molecule has 0 amide bonds. The maximum atomic E-state index is 11.2. The Hall–Kier alpha value is -2.73. The zero-order valence-electron chi connectivity index (χ0n) is 12.1. The molecule has 0 aliphatic carbocycles. The zero-order valence-corrected chi connectivity index (χ0v) is 12.1. The minimum absolute atomic E-state index is 0.0675. The first-order valence-corrected chi connectivity index (χ1v) is 6.82. The number of nitrogens with zero attached hydrogens (tertiary/aromatic N) is 3. The molecule has 0 atom stereocenters. The van der Waals surface area contributed by atoms with E-state index in [2.05, 4.69) is 10.3 Å². The van der Waals surface area contributed by atoms with Gasteiger partial charge < -0.3 is 9.84 Å². The van der Waals surface area contributed by atoms with Crippen LogP contribution in [0.1, 0.15) is 21.7 Å². The summed E-state index contributed by atoms with van der Waals surface area (Å²) in [7, 11) is 1.51. The topological polar surface area (TPSA) is 77.2 Å². The second-order valence-electron chi connectivity index (χ2n) is 4.92. The number of hydrogen-bond donors (Lipinski definition) is 1. The number of benzene rings is 2. The van der Waals surface area contributed by atoms with E-state index in [1.54, 1.807) is 4.68 Å². The molecular formula is C16H15N3O3. The van der Waals surface area contributed by atoms with Crippen molar-refractivity contribution >= 4 is 16.7 Å². The van der Waals surface area contributed by atoms with Crippen molar-refractivity contribution in [3.05, 3.63) is 59.4 Å². The molecule has 0 unspecified atom stereocenters. The Labute approximate surface area is 126 Å². The minimum atomic E-state index is -1.10. The monoisotopic (exact) mass is 297 g/mol. The molecule has 3 aromatic rings. The van der Waals surface area contributed by atoms with Gasteiger partial charge in [0.15, 0.2) is 5.69 Å². The van der Waals surface area contributed by atoms with Crippen molar-refractivity contribution in [1.82, 2.24) is 15.0 Å². The molecule has 0 aliphatic rings. The lowest BCUT2D eigenvalue weighted by molar-refractivity contribution is 0.0684. The molecule has 0 radical (unpaired) electrons. The molecule has 0 fully saturated rings. The fourth-order valence-corrected chi connectivity index (χ4v) is 2.50. The highest BCUT2D eigenvalue weighted by atomic mass is 16.5. The lowest BCUT2D eigenvalue weighted by Gasteiger charge is -2.09. The van der Waals surface area contributed by atoms with Crippen molar-refractivity contribution < 1.29 is 14.6 Å². The Bertz CT molecular complexity index is 821. The van der Waals surface area contributed by atoms with E-state index in [0.29, 0.717) is 12.2 Å². The molecule has 0 bridgehead atoms. The highest BCUT2D eigenvalue weighted by molar-refractivity contribution is 5.87. The second-order valence-corrected chi connectivity index (χ2v) is 4.92. The van der Waals surface area contributed by atoms with Gasteiger partial charge in [0.25, 0.3) is 0 Å². The van der Waals surface area contributed by atoms with Crippen LogP contribution in [0, 0.1) is 0 Å². The smallest absolute Gasteiger partial charge is 0.358 e. The van der Waals surface area contributed by atoms with E-state index < -0.39 is 5.97 Å². The maximum absolute atomic E-state index is 11.2. The molecule has 3 rings (SSSR count). The minimum Gasteiger partial charge on any atom is -0.476 e. The van der Waals surface area contributed by atoms with E-state index in [1.165, 1.54) is 7.11 Å². The average molecular weight is 297 g/mol. The van der Waals surface area contributed by atoms with E-state index in [1.807, 2.05) is 42.5 Å². The van der Waals surface area contributed by atoms with Crippen LogP contribution in [0.2, 0.25) is 0 Å². The van der Waals surface area contributed by atoms with E-state index >= 15 is 0 Å². The first-order valence-electron chi connectivity index (χ1n) is 6.82. The van der Waals surface area contributed by atoms with Crippen LogP contribution in [0.5, 0.6) is 0 Å². The van der Waals surface area contributed by atoms with E-state index in [9.17, 15) is 9.90 Å². The van der Waals surface area contributed by atoms with E-state index in [0.717, 1.165) is 16.3 Å². The zero-order chi connectivity index (χ0) is 15.5. The van der Waals surface area contributed by atoms with Crippen LogP contribution in [-0.2, 0) is 17.9 Å². The van der Waals surface area contributed by atoms with Crippen molar-refractivity contribution in [2.75, 3.05) is 7.11 Å². The number of rotatable bonds is 5. The fraction of sp³-hybridized carbons (Fsp3) is 0.188. The summed E-state index contributed by atoms with van der Waals surface area (Å²) in [5, 5.41) is 19.1. The number of aromatic carboxylic acids is 1. The normalized spacial score (nSPS) is 11.0. The van der Waals surface area contributed by atoms with Gasteiger partial charge >= 0.3 is 5.97 Å². The highest BCUT2D eigenvalue weighted by Crippen LogP contribution is 2.20. The van der Waals surface area contributed by atoms with Gasteiger partial charge in [-0.3, -0.25) is 0 Å². The van der Waals surface area contributed by atoms with Crippen LogP contribution < -0.4 is 0 Å². The van der Waals surface area contributed by atoms with Crippen molar-refractivity contribution in [3.63, 3.8) is 0 Å². The number of methoxy groups -OCH3 is 1. The summed E-state index contributed by atoms with van der Waals surface area (Å²) in [5.41, 5.74) is 1.45. The number of carbonyl (C=O) groups is 1. The molecule has 22 heavy (non-hydrogen) atoms. The molecule has 1 aromatic heterocycles. The maximum Gasteiger partial charge on any atom is 0.358 e. The summed E-state index contributed by atoms with van der Waals surface area (Å²) in [6.07, 6.45) is 0. The van der Waals surface area contributed by atoms with Crippen molar-refractivity contribution in [3.8, 4) is 0 Å². The van der Waals surface area contributed by atoms with Gasteiger partial charge in [0.1, 0.15) is 0 Å². The van der Waals surface area contributed by atoms with E-state index in [4.69, 9.17) is 4.74 Å². The third kappa shape index (κ3) is 2.56. The fourth-order valence-electron chi connectivity index (χ4n) is 2.50. The number of ether oxygens (including phenoxy) is 1. The largest absolute Gasteiger partial charge is 0.476 e. The van der Waals surface area contributed by atoms with Gasteiger partial charge in [0.2, 0.25) is 0 Å².